The maximum absolute atomic E-state index is 11.4. The smallest absolute Gasteiger partial charge is 0.305 e. The highest BCUT2D eigenvalue weighted by Gasteiger charge is 2.45. The monoisotopic (exact) mass is 2150 g/mol. The summed E-state index contributed by atoms with van der Waals surface area (Å²) in [5, 5.41) is 37.4. The molecule has 0 amide bonds. The van der Waals surface area contributed by atoms with Crippen LogP contribution < -0.4 is 40.4 Å². The highest BCUT2D eigenvalue weighted by atomic mass is 79.9. The molecule has 150 heavy (non-hydrogen) atoms. The van der Waals surface area contributed by atoms with E-state index in [9.17, 15) is 38.7 Å². The molecule has 28 heteroatoms. The number of aromatic nitrogens is 6. The summed E-state index contributed by atoms with van der Waals surface area (Å²) < 4.78 is 11.7. The van der Waals surface area contributed by atoms with E-state index in [4.69, 9.17) is 19.7 Å². The van der Waals surface area contributed by atoms with E-state index < -0.39 is 11.9 Å². The van der Waals surface area contributed by atoms with Gasteiger partial charge in [-0.25, -0.2) is 0 Å². The number of aliphatic hydroxyl groups is 1. The minimum atomic E-state index is -0.777. The molecule has 6 N–H and O–H groups in total. The van der Waals surface area contributed by atoms with E-state index in [1.165, 1.54) is 260 Å². The lowest BCUT2D eigenvalue weighted by molar-refractivity contribution is -0.139. The third-order valence-electron chi connectivity index (χ3n) is 37.9. The second-order valence-corrected chi connectivity index (χ2v) is 48.2. The standard InChI is InChI=1S/C19H29N3O2.C18H27N3O2.C18H26N2O3.C15H22N2O.C15H20N2O.C11H18O.C11H16O.C10H17NO.C5H4BrN.ClH/c1-16(24-15-23)14-21-17-2-6-19(7-3-17)8-12-22(13-9-19)18-4-10-20-11-5-18;22-17(23)5-12-20-15-1-6-18(7-2-15)8-13-21(14-9-18)16-3-10-19-11-4-16;21-17(22)5-14-23-16-1-6-18(7-2-16)8-12-20(13-9-18)15-3-10-19-11-4-15;2*18-14-1-5-15(6-2-14)7-11-17(12-8-15)13-3-9-16-10-4-13;2*12-10-4-8-11(9-5-10)6-2-1-3-7-11;12-9-1-3-10(4-2-9)5-7-11-8-6-10;6-5-1-3-7-4-2-5;/h4-5,10-11,15-17,21H,2-3,6-9,12-14H2,1H3;3-4,10-11,15,20H,1-2,5-9,12-14H2,(H,22,23);3-4,10-11,16H,1-2,5-9,12-14H2,(H,21,22);3-4,9-10,14,18H,1-2,5-8,11-12H2;3-4,9-10H,1-2,5-8,11-12H2;1-9H2;4,8H,1-3,5-7,9H2;11H,1-8H2;1-4H;1H/t16-;;;;;;;;;/m0........./s1. The fourth-order valence-corrected chi connectivity index (χ4v) is 27.6. The Morgan fingerprint density at radius 3 is 1.00 bits per heavy atom. The molecule has 6 saturated heterocycles. The average molecular weight is 2150 g/mol. The highest BCUT2D eigenvalue weighted by molar-refractivity contribution is 9.10. The van der Waals surface area contributed by atoms with Gasteiger partial charge < -0.3 is 65.2 Å². The van der Waals surface area contributed by atoms with E-state index in [0.29, 0.717) is 98.2 Å². The molecule has 6 aliphatic heterocycles. The number of carbonyl (C=O) groups excluding carboxylic acids is 5. The number of rotatable bonds is 18. The summed E-state index contributed by atoms with van der Waals surface area (Å²) in [5.74, 6) is 0.294. The van der Waals surface area contributed by atoms with Gasteiger partial charge in [-0.2, -0.15) is 0 Å². The number of allylic oxidation sites excluding steroid dienone is 2. The number of aliphatic hydroxyl groups excluding tert-OH is 1. The largest absolute Gasteiger partial charge is 0.481 e. The van der Waals surface area contributed by atoms with Crippen molar-refractivity contribution in [3.63, 3.8) is 0 Å². The molecule has 0 radical (unpaired) electrons. The Balaban J connectivity index is 0.000000143. The molecule has 16 aliphatic rings. The first kappa shape index (κ1) is 118. The lowest BCUT2D eigenvalue weighted by atomic mass is 9.65. The number of Topliss-reactive ketones (excluding diaryl/α,β-unsaturated/α-hetero) is 3. The minimum Gasteiger partial charge on any atom is -0.481 e. The van der Waals surface area contributed by atoms with Gasteiger partial charge in [0.1, 0.15) is 23.5 Å². The maximum atomic E-state index is 11.4. The number of hydrogen-bond donors (Lipinski definition) is 6. The summed E-state index contributed by atoms with van der Waals surface area (Å²) in [7, 11) is 0. The summed E-state index contributed by atoms with van der Waals surface area (Å²) in [5.41, 5.74) is 10.6. The Labute approximate surface area is 910 Å². The van der Waals surface area contributed by atoms with E-state index in [1.807, 2.05) is 87.1 Å². The van der Waals surface area contributed by atoms with Crippen molar-refractivity contribution < 1.29 is 58.4 Å². The number of carboxylic acid groups (broad SMARTS) is 2. The van der Waals surface area contributed by atoms with Crippen molar-refractivity contribution >= 4 is 98.3 Å². The van der Waals surface area contributed by atoms with Gasteiger partial charge in [0.05, 0.1) is 31.7 Å². The van der Waals surface area contributed by atoms with Crippen molar-refractivity contribution in [2.45, 2.75) is 384 Å². The molecule has 0 aromatic carbocycles. The molecule has 0 unspecified atom stereocenters. The Morgan fingerprint density at radius 1 is 0.387 bits per heavy atom. The van der Waals surface area contributed by atoms with Crippen LogP contribution in [0.25, 0.3) is 0 Å². The molecule has 824 valence electrons. The molecule has 12 heterocycles. The number of aliphatic carboxylic acids is 2. The van der Waals surface area contributed by atoms with E-state index in [0.717, 1.165) is 192 Å². The first-order valence-corrected chi connectivity index (χ1v) is 58.8. The van der Waals surface area contributed by atoms with E-state index in [1.54, 1.807) is 12.4 Å². The molecule has 0 bridgehead atoms. The zero-order valence-electron chi connectivity index (χ0n) is 90.5. The van der Waals surface area contributed by atoms with Crippen LogP contribution in [0.5, 0.6) is 0 Å². The van der Waals surface area contributed by atoms with Crippen LogP contribution in [0.2, 0.25) is 0 Å². The third kappa shape index (κ3) is 37.9. The van der Waals surface area contributed by atoms with Crippen LogP contribution in [-0.4, -0.2) is 215 Å². The van der Waals surface area contributed by atoms with Crippen molar-refractivity contribution in [3.05, 3.63) is 164 Å². The number of ether oxygens (including phenoxy) is 2. The Bertz CT molecular complexity index is 4760. The lowest BCUT2D eigenvalue weighted by Crippen LogP contribution is -2.45. The predicted molar refractivity (Wildman–Crippen MR) is 603 cm³/mol. The molecule has 6 aromatic heterocycles. The Kier molecular flexibility index (Phi) is 47.7. The first-order valence-electron chi connectivity index (χ1n) is 58.0. The fraction of sp³-hybridized carbons (Fsp3) is 0.680. The van der Waals surface area contributed by atoms with Crippen LogP contribution >= 0.6 is 28.3 Å². The van der Waals surface area contributed by atoms with Crippen molar-refractivity contribution in [1.29, 1.82) is 0 Å². The molecular weight excluding hydrogens is 1970 g/mol. The number of pyridine rings is 6. The molecule has 15 fully saturated rings. The SMILES string of the molecule is Brc1ccncc1.C[C@@H](CNC1CCC2(CC1)CCN(c1ccncc1)CC2)OC=O.Cl.O=C(O)CCNC1CCC2(CC1)CCN(c1ccncc1)CC2.O=C(O)CCOC1CCC2(CC1)CCN(c1ccncc1)CC2.O=C1C=CC2(CCCCC2)CC1.O=C1CCC2(CC1)CCN(c1ccncc1)CC2.O=C1CCC2(CCCCC2)CC1.O=C1CCC2(CCNCC2)CC1.OC1CCC2(CC1)CCN(c1ccncc1)CC2. The quantitative estimate of drug-likeness (QED) is 0.0435. The molecule has 6 aromatic rings. The second-order valence-electron chi connectivity index (χ2n) is 47.3. The minimum absolute atomic E-state index is 0. The Hall–Kier alpha value is -8.70. The van der Waals surface area contributed by atoms with Crippen molar-refractivity contribution in [2.24, 2.45) is 43.3 Å². The normalized spacial score (nSPS) is 24.3. The topological polar surface area (TPSA) is 328 Å². The maximum Gasteiger partial charge on any atom is 0.305 e. The molecule has 9 saturated carbocycles. The number of nitrogens with zero attached hydrogens (tertiary/aromatic N) is 11. The van der Waals surface area contributed by atoms with Gasteiger partial charge >= 0.3 is 11.9 Å². The lowest BCUT2D eigenvalue weighted by Gasteiger charge is -2.46. The van der Waals surface area contributed by atoms with Gasteiger partial charge in [0.25, 0.3) is 6.47 Å². The van der Waals surface area contributed by atoms with Gasteiger partial charge in [0.15, 0.2) is 5.78 Å². The van der Waals surface area contributed by atoms with Crippen LogP contribution in [0.4, 0.5) is 28.4 Å². The van der Waals surface area contributed by atoms with Crippen LogP contribution in [0.3, 0.4) is 0 Å². The van der Waals surface area contributed by atoms with Gasteiger partial charge in [-0.3, -0.25) is 63.5 Å². The molecule has 10 aliphatic carbocycles. The van der Waals surface area contributed by atoms with Crippen molar-refractivity contribution in [1.82, 2.24) is 45.9 Å². The number of ketones is 4. The predicted octanol–water partition coefficient (Wildman–Crippen LogP) is 23.7. The van der Waals surface area contributed by atoms with Crippen LogP contribution in [0.15, 0.2) is 164 Å². The molecule has 8 spiro atoms. The van der Waals surface area contributed by atoms with E-state index in [2.05, 4.69) is 153 Å². The summed E-state index contributed by atoms with van der Waals surface area (Å²) in [6.07, 6.45) is 88.8. The van der Waals surface area contributed by atoms with Gasteiger partial charge in [-0.1, -0.05) is 60.5 Å². The molecular formula is C122H180BrClN14O12. The van der Waals surface area contributed by atoms with E-state index >= 15 is 0 Å². The van der Waals surface area contributed by atoms with Gasteiger partial charge in [-0.15, -0.1) is 12.4 Å². The summed E-state index contributed by atoms with van der Waals surface area (Å²) in [6.45, 7) is 17.9. The highest BCUT2D eigenvalue weighted by Crippen LogP contribution is 2.53. The summed E-state index contributed by atoms with van der Waals surface area (Å²) in [4.78, 5) is 113. The van der Waals surface area contributed by atoms with E-state index in [-0.39, 0.29) is 43.6 Å². The number of carboxylic acids is 2. The summed E-state index contributed by atoms with van der Waals surface area (Å²) in [6, 6.07) is 25.8. The molecule has 1 atom stereocenters. The number of piperidine rings is 6. The molecule has 26 nitrogen and oxygen atoms in total. The summed E-state index contributed by atoms with van der Waals surface area (Å²) >= 11 is 3.27. The van der Waals surface area contributed by atoms with Crippen LogP contribution in [0.1, 0.15) is 354 Å². The number of carbonyl (C=O) groups is 7. The van der Waals surface area contributed by atoms with Crippen LogP contribution in [-0.2, 0) is 43.0 Å². The van der Waals surface area contributed by atoms with Crippen molar-refractivity contribution in [2.75, 3.05) is 123 Å². The number of anilines is 5. The fourth-order valence-electron chi connectivity index (χ4n) is 27.3. The number of hydrogen-bond acceptors (Lipinski definition) is 24. The van der Waals surface area contributed by atoms with Gasteiger partial charge in [0.2, 0.25) is 0 Å². The zero-order chi connectivity index (χ0) is 104. The first-order chi connectivity index (χ1) is 72.4. The zero-order valence-corrected chi connectivity index (χ0v) is 92.9. The van der Waals surface area contributed by atoms with Gasteiger partial charge in [-0.05, 0) is 393 Å². The second kappa shape index (κ2) is 60.4. The van der Waals surface area contributed by atoms with Crippen molar-refractivity contribution in [3.8, 4) is 0 Å². The number of nitrogens with one attached hydrogen (secondary N) is 3. The average Bonchev–Trinajstić information content (AvgIpc) is 0.808. The number of halogens is 2. The Morgan fingerprint density at radius 2 is 0.687 bits per heavy atom. The van der Waals surface area contributed by atoms with Gasteiger partial charge in [0, 0.05) is 243 Å². The third-order valence-corrected chi connectivity index (χ3v) is 38.5. The van der Waals surface area contributed by atoms with Crippen LogP contribution in [0, 0.1) is 43.3 Å². The molecule has 22 rings (SSSR count).